The Kier molecular flexibility index (Phi) is 5.24. The summed E-state index contributed by atoms with van der Waals surface area (Å²) in [4.78, 5) is 26.1. The Balaban J connectivity index is 1.45. The monoisotopic (exact) mass is 497 g/mol. The molecule has 1 fully saturated rings. The first kappa shape index (κ1) is 21.1. The van der Waals surface area contributed by atoms with Crippen molar-refractivity contribution in [1.29, 1.82) is 0 Å². The number of halogens is 1. The lowest BCUT2D eigenvalue weighted by Crippen LogP contribution is -2.39. The highest BCUT2D eigenvalue weighted by atomic mass is 79.9. The zero-order chi connectivity index (χ0) is 22.5. The number of hydrogen-bond donors (Lipinski definition) is 1. The standard InChI is InChI=1S/C25H24BrNO5/c1-14-21-19(7-8-20-22(21)17(28)12-25(32-20)9-3-4-10-25)31-23(14)24(29)27-13-15-11-16(26)5-6-18(15)30-2/h5-8,11H,3-4,9-10,12-13H2,1-2H3,(H,27,29). The van der Waals surface area contributed by atoms with E-state index in [1.807, 2.05) is 25.1 Å². The van der Waals surface area contributed by atoms with Crippen molar-refractivity contribution in [2.24, 2.45) is 0 Å². The van der Waals surface area contributed by atoms with Crippen LogP contribution in [0.5, 0.6) is 11.5 Å². The van der Waals surface area contributed by atoms with Gasteiger partial charge in [0.05, 0.1) is 19.1 Å². The van der Waals surface area contributed by atoms with E-state index in [4.69, 9.17) is 13.9 Å². The minimum atomic E-state index is -0.362. The number of furan rings is 1. The Morgan fingerprint density at radius 3 is 2.75 bits per heavy atom. The Hall–Kier alpha value is -2.80. The predicted molar refractivity (Wildman–Crippen MR) is 124 cm³/mol. The first-order chi connectivity index (χ1) is 15.4. The summed E-state index contributed by atoms with van der Waals surface area (Å²) in [6, 6.07) is 9.21. The summed E-state index contributed by atoms with van der Waals surface area (Å²) in [5.74, 6) is 1.22. The second kappa shape index (κ2) is 7.96. The van der Waals surface area contributed by atoms with Crippen molar-refractivity contribution < 1.29 is 23.5 Å². The fourth-order valence-electron chi connectivity index (χ4n) is 4.99. The predicted octanol–water partition coefficient (Wildman–Crippen LogP) is 5.72. The number of Topliss-reactive ketones (excluding diaryl/α,β-unsaturated/α-hetero) is 1. The van der Waals surface area contributed by atoms with Gasteiger partial charge < -0.3 is 19.2 Å². The van der Waals surface area contributed by atoms with Crippen molar-refractivity contribution in [3.8, 4) is 11.5 Å². The fraction of sp³-hybridized carbons (Fsp3) is 0.360. The molecule has 1 aliphatic carbocycles. The third-order valence-corrected chi connectivity index (χ3v) is 7.04. The van der Waals surface area contributed by atoms with E-state index in [0.717, 1.165) is 35.7 Å². The average Bonchev–Trinajstić information content (AvgIpc) is 3.36. The topological polar surface area (TPSA) is 77.8 Å². The van der Waals surface area contributed by atoms with Gasteiger partial charge in [0.2, 0.25) is 0 Å². The summed E-state index contributed by atoms with van der Waals surface area (Å²) >= 11 is 3.44. The molecule has 5 rings (SSSR count). The molecule has 1 aliphatic heterocycles. The van der Waals surface area contributed by atoms with Crippen molar-refractivity contribution in [3.05, 3.63) is 57.3 Å². The van der Waals surface area contributed by atoms with Gasteiger partial charge in [-0.05, 0) is 62.9 Å². The van der Waals surface area contributed by atoms with Crippen LogP contribution < -0.4 is 14.8 Å². The van der Waals surface area contributed by atoms with Gasteiger partial charge in [-0.1, -0.05) is 15.9 Å². The van der Waals surface area contributed by atoms with Crippen LogP contribution in [0.2, 0.25) is 0 Å². The van der Waals surface area contributed by atoms with Gasteiger partial charge in [-0.3, -0.25) is 9.59 Å². The van der Waals surface area contributed by atoms with E-state index in [-0.39, 0.29) is 29.6 Å². The van der Waals surface area contributed by atoms with E-state index < -0.39 is 0 Å². The second-order valence-electron chi connectivity index (χ2n) is 8.60. The van der Waals surface area contributed by atoms with Gasteiger partial charge in [0.15, 0.2) is 11.5 Å². The SMILES string of the molecule is COc1ccc(Br)cc1CNC(=O)c1oc2ccc3c(c2c1C)C(=O)CC1(CCCC1)O3. The minimum absolute atomic E-state index is 0.0634. The maximum Gasteiger partial charge on any atom is 0.287 e. The van der Waals surface area contributed by atoms with Gasteiger partial charge in [-0.2, -0.15) is 0 Å². The summed E-state index contributed by atoms with van der Waals surface area (Å²) in [7, 11) is 1.59. The molecule has 1 aromatic heterocycles. The number of carbonyl (C=O) groups is 2. The number of benzene rings is 2. The molecule has 32 heavy (non-hydrogen) atoms. The molecule has 0 atom stereocenters. The molecule has 0 unspecified atom stereocenters. The molecule has 1 saturated carbocycles. The van der Waals surface area contributed by atoms with Crippen molar-refractivity contribution in [2.75, 3.05) is 7.11 Å². The van der Waals surface area contributed by atoms with Crippen LogP contribution in [0.1, 0.15) is 64.1 Å². The fourth-order valence-corrected chi connectivity index (χ4v) is 5.40. The molecule has 3 aromatic rings. The zero-order valence-electron chi connectivity index (χ0n) is 18.0. The molecule has 0 saturated heterocycles. The smallest absolute Gasteiger partial charge is 0.287 e. The average molecular weight is 498 g/mol. The summed E-state index contributed by atoms with van der Waals surface area (Å²) in [6.45, 7) is 2.09. The number of ketones is 1. The number of hydrogen-bond acceptors (Lipinski definition) is 5. The van der Waals surface area contributed by atoms with E-state index in [1.165, 1.54) is 0 Å². The molecule has 2 aliphatic rings. The van der Waals surface area contributed by atoms with Gasteiger partial charge in [0, 0.05) is 27.5 Å². The number of fused-ring (bicyclic) bond motifs is 3. The lowest BCUT2D eigenvalue weighted by molar-refractivity contribution is 0.0454. The molecule has 2 heterocycles. The number of rotatable bonds is 4. The highest BCUT2D eigenvalue weighted by Gasteiger charge is 2.43. The number of ether oxygens (including phenoxy) is 2. The molecule has 1 amide bonds. The first-order valence-corrected chi connectivity index (χ1v) is 11.6. The highest BCUT2D eigenvalue weighted by molar-refractivity contribution is 9.10. The van der Waals surface area contributed by atoms with Crippen molar-refractivity contribution in [2.45, 2.75) is 51.2 Å². The normalized spacial score (nSPS) is 16.8. The van der Waals surface area contributed by atoms with Crippen molar-refractivity contribution >= 4 is 38.6 Å². The lowest BCUT2D eigenvalue weighted by atomic mass is 9.87. The summed E-state index contributed by atoms with van der Waals surface area (Å²) in [5.41, 5.74) is 2.18. The summed E-state index contributed by atoms with van der Waals surface area (Å²) in [6.07, 6.45) is 4.37. The maximum absolute atomic E-state index is 13.2. The quantitative estimate of drug-likeness (QED) is 0.498. The minimum Gasteiger partial charge on any atom is -0.496 e. The Bertz CT molecular complexity index is 1240. The van der Waals surface area contributed by atoms with E-state index in [9.17, 15) is 9.59 Å². The Morgan fingerprint density at radius 2 is 2.00 bits per heavy atom. The van der Waals surface area contributed by atoms with E-state index in [2.05, 4.69) is 21.2 Å². The lowest BCUT2D eigenvalue weighted by Gasteiger charge is -2.34. The van der Waals surface area contributed by atoms with Crippen LogP contribution in [0, 0.1) is 6.92 Å². The van der Waals surface area contributed by atoms with Crippen LogP contribution in [0.4, 0.5) is 0 Å². The van der Waals surface area contributed by atoms with Crippen LogP contribution in [0.3, 0.4) is 0 Å². The molecule has 1 spiro atoms. The summed E-state index contributed by atoms with van der Waals surface area (Å²) < 4.78 is 18.5. The van der Waals surface area contributed by atoms with Crippen LogP contribution in [-0.4, -0.2) is 24.4 Å². The van der Waals surface area contributed by atoms with Gasteiger partial charge in [0.25, 0.3) is 5.91 Å². The molecule has 1 N–H and O–H groups in total. The molecule has 7 heteroatoms. The molecule has 0 bridgehead atoms. The number of amides is 1. The number of carbonyl (C=O) groups excluding carboxylic acids is 2. The molecular formula is C25H24BrNO5. The van der Waals surface area contributed by atoms with Crippen LogP contribution in [0.25, 0.3) is 11.0 Å². The second-order valence-corrected chi connectivity index (χ2v) is 9.51. The third kappa shape index (κ3) is 3.48. The Labute approximate surface area is 194 Å². The number of nitrogens with one attached hydrogen (secondary N) is 1. The van der Waals surface area contributed by atoms with Crippen LogP contribution >= 0.6 is 15.9 Å². The highest BCUT2D eigenvalue weighted by Crippen LogP contribution is 2.46. The molecule has 0 radical (unpaired) electrons. The van der Waals surface area contributed by atoms with Crippen molar-refractivity contribution in [3.63, 3.8) is 0 Å². The number of aryl methyl sites for hydroxylation is 1. The van der Waals surface area contributed by atoms with Gasteiger partial charge in [-0.15, -0.1) is 0 Å². The van der Waals surface area contributed by atoms with Crippen LogP contribution in [-0.2, 0) is 6.54 Å². The number of methoxy groups -OCH3 is 1. The summed E-state index contributed by atoms with van der Waals surface area (Å²) in [5, 5.41) is 3.57. The van der Waals surface area contributed by atoms with Gasteiger partial charge in [-0.25, -0.2) is 0 Å². The van der Waals surface area contributed by atoms with Gasteiger partial charge >= 0.3 is 0 Å². The Morgan fingerprint density at radius 1 is 1.22 bits per heavy atom. The molecule has 6 nitrogen and oxygen atoms in total. The largest absolute Gasteiger partial charge is 0.496 e. The van der Waals surface area contributed by atoms with Crippen LogP contribution in [0.15, 0.2) is 39.2 Å². The molecule has 166 valence electrons. The van der Waals surface area contributed by atoms with E-state index in [0.29, 0.717) is 40.0 Å². The molecular weight excluding hydrogens is 474 g/mol. The van der Waals surface area contributed by atoms with E-state index in [1.54, 1.807) is 19.2 Å². The third-order valence-electron chi connectivity index (χ3n) is 6.55. The van der Waals surface area contributed by atoms with E-state index >= 15 is 0 Å². The molecule has 2 aromatic carbocycles. The van der Waals surface area contributed by atoms with Gasteiger partial charge in [0.1, 0.15) is 22.7 Å². The first-order valence-electron chi connectivity index (χ1n) is 10.8. The maximum atomic E-state index is 13.2. The zero-order valence-corrected chi connectivity index (χ0v) is 19.6. The van der Waals surface area contributed by atoms with Crippen molar-refractivity contribution in [1.82, 2.24) is 5.32 Å².